The molecular formula is C15H12Cl2F3NO2S. The van der Waals surface area contributed by atoms with Gasteiger partial charge in [0.25, 0.3) is 0 Å². The zero-order chi connectivity index (χ0) is 18.1. The average molecular weight is 398 g/mol. The molecule has 0 radical (unpaired) electrons. The van der Waals surface area contributed by atoms with Gasteiger partial charge < -0.3 is 9.83 Å². The van der Waals surface area contributed by atoms with Gasteiger partial charge in [0, 0.05) is 10.7 Å². The highest BCUT2D eigenvalue weighted by atomic mass is 35.5. The van der Waals surface area contributed by atoms with Crippen LogP contribution in [0, 0.1) is 0 Å². The van der Waals surface area contributed by atoms with Crippen LogP contribution in [0.1, 0.15) is 12.5 Å². The van der Waals surface area contributed by atoms with Crippen molar-refractivity contribution in [3.8, 4) is 0 Å². The Kier molecular flexibility index (Phi) is 5.49. The van der Waals surface area contributed by atoms with Crippen LogP contribution in [-0.2, 0) is 16.6 Å². The van der Waals surface area contributed by atoms with Gasteiger partial charge in [0.2, 0.25) is 0 Å². The van der Waals surface area contributed by atoms with Crippen LogP contribution < -0.4 is 4.72 Å². The largest absolute Gasteiger partial charge is 0.421 e. The summed E-state index contributed by atoms with van der Waals surface area (Å²) < 4.78 is 53.2. The predicted octanol–water partition coefficient (Wildman–Crippen LogP) is 4.90. The molecule has 0 aliphatic rings. The van der Waals surface area contributed by atoms with E-state index in [0.29, 0.717) is 17.6 Å². The fourth-order valence-electron chi connectivity index (χ4n) is 1.81. The lowest BCUT2D eigenvalue weighted by Crippen LogP contribution is -2.39. The Morgan fingerprint density at radius 1 is 1.08 bits per heavy atom. The van der Waals surface area contributed by atoms with E-state index in [9.17, 15) is 22.5 Å². The van der Waals surface area contributed by atoms with Crippen LogP contribution in [0.5, 0.6) is 0 Å². The Bertz CT molecular complexity index is 764. The summed E-state index contributed by atoms with van der Waals surface area (Å²) >= 11 is 11.8. The van der Waals surface area contributed by atoms with Gasteiger partial charge in [-0.05, 0) is 42.8 Å². The molecule has 0 amide bonds. The van der Waals surface area contributed by atoms with E-state index in [1.165, 1.54) is 24.3 Å². The molecule has 2 N–H and O–H groups in total. The van der Waals surface area contributed by atoms with Gasteiger partial charge in [-0.2, -0.15) is 13.2 Å². The first kappa shape index (κ1) is 19.1. The smallest absolute Gasteiger partial charge is 0.376 e. The highest BCUT2D eigenvalue weighted by Crippen LogP contribution is 2.38. The van der Waals surface area contributed by atoms with Gasteiger partial charge >= 0.3 is 6.18 Å². The zero-order valence-electron chi connectivity index (χ0n) is 12.2. The van der Waals surface area contributed by atoms with E-state index in [0.717, 1.165) is 12.1 Å². The predicted molar refractivity (Wildman–Crippen MR) is 88.6 cm³/mol. The number of anilines is 1. The molecule has 130 valence electrons. The summed E-state index contributed by atoms with van der Waals surface area (Å²) in [6.45, 7) is 0.666. The molecule has 3 nitrogen and oxygen atoms in total. The SMILES string of the molecule is CC(O)(c1ccc(NS(=O)c2cc(Cl)ccc2Cl)cc1)C(F)(F)F. The quantitative estimate of drug-likeness (QED) is 0.770. The highest BCUT2D eigenvalue weighted by Gasteiger charge is 2.51. The molecule has 0 saturated carbocycles. The van der Waals surface area contributed by atoms with Crippen LogP contribution in [-0.4, -0.2) is 15.5 Å². The highest BCUT2D eigenvalue weighted by molar-refractivity contribution is 7.86. The molecule has 0 heterocycles. The molecule has 9 heteroatoms. The summed E-state index contributed by atoms with van der Waals surface area (Å²) in [5.41, 5.74) is -3.00. The lowest BCUT2D eigenvalue weighted by molar-refractivity contribution is -0.258. The molecule has 0 saturated heterocycles. The first-order valence-corrected chi connectivity index (χ1v) is 8.46. The molecule has 2 atom stereocenters. The number of aliphatic hydroxyl groups is 1. The van der Waals surface area contributed by atoms with Crippen molar-refractivity contribution in [2.45, 2.75) is 23.6 Å². The molecule has 2 rings (SSSR count). The average Bonchev–Trinajstić information content (AvgIpc) is 2.49. The number of benzene rings is 2. The standard InChI is InChI=1S/C15H12Cl2F3NO2S/c1-14(22,15(18,19)20)9-2-5-11(6-3-9)21-24(23)13-8-10(16)4-7-12(13)17/h2-8,21-22H,1H3. The third kappa shape index (κ3) is 4.03. The summed E-state index contributed by atoms with van der Waals surface area (Å²) in [5, 5.41) is 10.2. The van der Waals surface area contributed by atoms with E-state index in [-0.39, 0.29) is 15.5 Å². The summed E-state index contributed by atoms with van der Waals surface area (Å²) in [6.07, 6.45) is -4.81. The van der Waals surface area contributed by atoms with Crippen molar-refractivity contribution in [3.05, 3.63) is 58.1 Å². The normalized spacial score (nSPS) is 15.6. The Morgan fingerprint density at radius 3 is 2.21 bits per heavy atom. The van der Waals surface area contributed by atoms with Gasteiger partial charge in [-0.1, -0.05) is 35.3 Å². The maximum absolute atomic E-state index is 12.8. The Labute approximate surface area is 149 Å². The number of rotatable bonds is 4. The van der Waals surface area contributed by atoms with Crippen LogP contribution in [0.15, 0.2) is 47.4 Å². The van der Waals surface area contributed by atoms with Gasteiger partial charge in [-0.3, -0.25) is 0 Å². The summed E-state index contributed by atoms with van der Waals surface area (Å²) in [5.74, 6) is 0. The molecule has 24 heavy (non-hydrogen) atoms. The van der Waals surface area contributed by atoms with Gasteiger partial charge in [-0.15, -0.1) is 0 Å². The van der Waals surface area contributed by atoms with E-state index in [2.05, 4.69) is 4.72 Å². The van der Waals surface area contributed by atoms with Crippen molar-refractivity contribution in [1.82, 2.24) is 0 Å². The molecule has 0 bridgehead atoms. The molecule has 0 aromatic heterocycles. The Balaban J connectivity index is 2.20. The lowest BCUT2D eigenvalue weighted by Gasteiger charge is -2.26. The maximum atomic E-state index is 12.8. The monoisotopic (exact) mass is 397 g/mol. The molecular weight excluding hydrogens is 386 g/mol. The summed E-state index contributed by atoms with van der Waals surface area (Å²) in [4.78, 5) is 0.246. The number of halogens is 5. The van der Waals surface area contributed by atoms with Gasteiger partial charge in [-0.25, -0.2) is 4.21 Å². The Hall–Kier alpha value is -1.28. The van der Waals surface area contributed by atoms with Crippen molar-refractivity contribution < 1.29 is 22.5 Å². The van der Waals surface area contributed by atoms with Crippen LogP contribution in [0.25, 0.3) is 0 Å². The van der Waals surface area contributed by atoms with Crippen molar-refractivity contribution in [2.75, 3.05) is 4.72 Å². The lowest BCUT2D eigenvalue weighted by atomic mass is 9.95. The third-order valence-electron chi connectivity index (χ3n) is 3.30. The minimum atomic E-state index is -4.81. The third-order valence-corrected chi connectivity index (χ3v) is 5.14. The number of hydrogen-bond acceptors (Lipinski definition) is 2. The maximum Gasteiger partial charge on any atom is 0.421 e. The molecule has 0 aliphatic heterocycles. The number of alkyl halides is 3. The zero-order valence-corrected chi connectivity index (χ0v) is 14.5. The molecule has 0 spiro atoms. The summed E-state index contributed by atoms with van der Waals surface area (Å²) in [7, 11) is -1.75. The van der Waals surface area contributed by atoms with E-state index >= 15 is 0 Å². The molecule has 2 unspecified atom stereocenters. The van der Waals surface area contributed by atoms with E-state index in [4.69, 9.17) is 23.2 Å². The second-order valence-electron chi connectivity index (χ2n) is 5.09. The fraction of sp³-hybridized carbons (Fsp3) is 0.200. The number of nitrogens with one attached hydrogen (secondary N) is 1. The van der Waals surface area contributed by atoms with Crippen LogP contribution in [0.3, 0.4) is 0 Å². The second kappa shape index (κ2) is 6.92. The van der Waals surface area contributed by atoms with E-state index < -0.39 is 22.8 Å². The van der Waals surface area contributed by atoms with Gasteiger partial charge in [0.15, 0.2) is 16.6 Å². The van der Waals surface area contributed by atoms with Crippen LogP contribution in [0.2, 0.25) is 10.0 Å². The van der Waals surface area contributed by atoms with E-state index in [1.54, 1.807) is 6.07 Å². The van der Waals surface area contributed by atoms with Crippen LogP contribution in [0.4, 0.5) is 18.9 Å². The molecule has 0 aliphatic carbocycles. The van der Waals surface area contributed by atoms with Gasteiger partial charge in [0.1, 0.15) is 0 Å². The molecule has 2 aromatic rings. The number of hydrogen-bond donors (Lipinski definition) is 2. The van der Waals surface area contributed by atoms with Crippen molar-refractivity contribution in [1.29, 1.82) is 0 Å². The molecule has 2 aromatic carbocycles. The topological polar surface area (TPSA) is 49.3 Å². The van der Waals surface area contributed by atoms with Crippen molar-refractivity contribution in [2.24, 2.45) is 0 Å². The van der Waals surface area contributed by atoms with Gasteiger partial charge in [0.05, 0.1) is 9.92 Å². The first-order valence-electron chi connectivity index (χ1n) is 6.55. The first-order chi connectivity index (χ1) is 11.0. The van der Waals surface area contributed by atoms with Crippen molar-refractivity contribution >= 4 is 39.9 Å². The Morgan fingerprint density at radius 2 is 1.67 bits per heavy atom. The van der Waals surface area contributed by atoms with E-state index in [1.807, 2.05) is 0 Å². The minimum absolute atomic E-state index is 0.238. The second-order valence-corrected chi connectivity index (χ2v) is 7.12. The molecule has 0 fully saturated rings. The summed E-state index contributed by atoms with van der Waals surface area (Å²) in [6, 6.07) is 9.23. The van der Waals surface area contributed by atoms with Crippen LogP contribution >= 0.6 is 23.2 Å². The minimum Gasteiger partial charge on any atom is -0.376 e. The van der Waals surface area contributed by atoms with Crippen molar-refractivity contribution in [3.63, 3.8) is 0 Å². The fourth-order valence-corrected chi connectivity index (χ4v) is 3.31.